The predicted octanol–water partition coefficient (Wildman–Crippen LogP) is 3.18. The second-order valence-electron chi connectivity index (χ2n) is 4.17. The standard InChI is InChI=1S/C14H10BrN3O3/c15-10-6-11(16-7-10)14(19)20-8-12-17-18-13(21-12)9-4-2-1-3-5-9/h1-7,16H,8H2. The molecule has 0 atom stereocenters. The average Bonchev–Trinajstić information content (AvgIpc) is 3.15. The monoisotopic (exact) mass is 347 g/mol. The van der Waals surface area contributed by atoms with E-state index in [2.05, 4.69) is 31.1 Å². The van der Waals surface area contributed by atoms with Crippen molar-refractivity contribution >= 4 is 21.9 Å². The molecule has 0 bridgehead atoms. The van der Waals surface area contributed by atoms with Crippen molar-refractivity contribution in [3.05, 3.63) is 58.7 Å². The van der Waals surface area contributed by atoms with Crippen molar-refractivity contribution in [1.82, 2.24) is 15.2 Å². The van der Waals surface area contributed by atoms with E-state index < -0.39 is 5.97 Å². The number of hydrogen-bond donors (Lipinski definition) is 1. The summed E-state index contributed by atoms with van der Waals surface area (Å²) in [5.41, 5.74) is 1.17. The number of halogens is 1. The fourth-order valence-electron chi connectivity index (χ4n) is 1.70. The van der Waals surface area contributed by atoms with Crippen LogP contribution in [0.15, 0.2) is 51.5 Å². The molecule has 6 nitrogen and oxygen atoms in total. The van der Waals surface area contributed by atoms with Gasteiger partial charge in [0, 0.05) is 16.2 Å². The summed E-state index contributed by atoms with van der Waals surface area (Å²) in [5, 5.41) is 7.77. The van der Waals surface area contributed by atoms with Crippen molar-refractivity contribution in [3.8, 4) is 11.5 Å². The first-order valence-corrected chi connectivity index (χ1v) is 6.90. The molecule has 0 unspecified atom stereocenters. The van der Waals surface area contributed by atoms with E-state index >= 15 is 0 Å². The topological polar surface area (TPSA) is 81.0 Å². The number of nitrogens with zero attached hydrogens (tertiary/aromatic N) is 2. The normalized spacial score (nSPS) is 10.5. The highest BCUT2D eigenvalue weighted by atomic mass is 79.9. The van der Waals surface area contributed by atoms with Crippen molar-refractivity contribution in [1.29, 1.82) is 0 Å². The first kappa shape index (κ1) is 13.6. The van der Waals surface area contributed by atoms with Crippen LogP contribution < -0.4 is 0 Å². The summed E-state index contributed by atoms with van der Waals surface area (Å²) in [4.78, 5) is 14.5. The fraction of sp³-hybridized carbons (Fsp3) is 0.0714. The number of H-pyrrole nitrogens is 1. The van der Waals surface area contributed by atoms with E-state index in [1.54, 1.807) is 12.3 Å². The number of ether oxygens (including phenoxy) is 1. The van der Waals surface area contributed by atoms with Crippen LogP contribution in [0.25, 0.3) is 11.5 Å². The Morgan fingerprint density at radius 3 is 2.81 bits per heavy atom. The van der Waals surface area contributed by atoms with Gasteiger partial charge in [-0.2, -0.15) is 0 Å². The molecule has 21 heavy (non-hydrogen) atoms. The van der Waals surface area contributed by atoms with Crippen molar-refractivity contribution < 1.29 is 13.9 Å². The van der Waals surface area contributed by atoms with E-state index in [4.69, 9.17) is 9.15 Å². The first-order chi connectivity index (χ1) is 10.2. The Labute approximate surface area is 128 Å². The maximum atomic E-state index is 11.7. The minimum absolute atomic E-state index is 0.0741. The number of aromatic nitrogens is 3. The van der Waals surface area contributed by atoms with Gasteiger partial charge in [0.05, 0.1) is 0 Å². The van der Waals surface area contributed by atoms with Gasteiger partial charge in [-0.05, 0) is 34.1 Å². The molecule has 0 aliphatic heterocycles. The summed E-state index contributed by atoms with van der Waals surface area (Å²) < 4.78 is 11.3. The van der Waals surface area contributed by atoms with E-state index in [0.717, 1.165) is 10.0 Å². The van der Waals surface area contributed by atoms with Crippen LogP contribution in [0.3, 0.4) is 0 Å². The van der Waals surface area contributed by atoms with Gasteiger partial charge in [-0.1, -0.05) is 18.2 Å². The van der Waals surface area contributed by atoms with E-state index in [9.17, 15) is 4.79 Å². The van der Waals surface area contributed by atoms with Gasteiger partial charge in [0.1, 0.15) is 5.69 Å². The summed E-state index contributed by atoms with van der Waals surface area (Å²) in [6.45, 7) is -0.0741. The zero-order chi connectivity index (χ0) is 14.7. The van der Waals surface area contributed by atoms with Gasteiger partial charge in [0.25, 0.3) is 5.89 Å². The fourth-order valence-corrected chi connectivity index (χ4v) is 2.04. The molecular formula is C14H10BrN3O3. The van der Waals surface area contributed by atoms with Crippen molar-refractivity contribution in [2.24, 2.45) is 0 Å². The van der Waals surface area contributed by atoms with E-state index in [1.807, 2.05) is 30.3 Å². The molecule has 0 radical (unpaired) electrons. The van der Waals surface area contributed by atoms with Crippen molar-refractivity contribution in [2.75, 3.05) is 0 Å². The predicted molar refractivity (Wildman–Crippen MR) is 77.3 cm³/mol. The number of aromatic amines is 1. The first-order valence-electron chi connectivity index (χ1n) is 6.11. The Hall–Kier alpha value is -2.41. The molecule has 2 aromatic heterocycles. The number of hydrogen-bond acceptors (Lipinski definition) is 5. The van der Waals surface area contributed by atoms with Gasteiger partial charge in [-0.3, -0.25) is 0 Å². The van der Waals surface area contributed by atoms with Crippen LogP contribution in [0.4, 0.5) is 0 Å². The quantitative estimate of drug-likeness (QED) is 0.733. The molecule has 0 spiro atoms. The maximum absolute atomic E-state index is 11.7. The summed E-state index contributed by atoms with van der Waals surface area (Å²) in [5.74, 6) is 0.150. The summed E-state index contributed by atoms with van der Waals surface area (Å²) in [6, 6.07) is 11.0. The summed E-state index contributed by atoms with van der Waals surface area (Å²) >= 11 is 3.25. The number of nitrogens with one attached hydrogen (secondary N) is 1. The third-order valence-electron chi connectivity index (χ3n) is 2.68. The third-order valence-corrected chi connectivity index (χ3v) is 3.14. The molecule has 106 valence electrons. The highest BCUT2D eigenvalue weighted by Crippen LogP contribution is 2.17. The van der Waals surface area contributed by atoms with Crippen molar-refractivity contribution in [3.63, 3.8) is 0 Å². The van der Waals surface area contributed by atoms with Gasteiger partial charge in [-0.15, -0.1) is 10.2 Å². The number of esters is 1. The molecular weight excluding hydrogens is 338 g/mol. The van der Waals surface area contributed by atoms with Crippen molar-refractivity contribution in [2.45, 2.75) is 6.61 Å². The van der Waals surface area contributed by atoms with E-state index in [1.165, 1.54) is 0 Å². The number of carbonyl (C=O) groups is 1. The summed E-state index contributed by atoms with van der Waals surface area (Å²) in [6.07, 6.45) is 1.65. The van der Waals surface area contributed by atoms with Crippen LogP contribution in [-0.2, 0) is 11.3 Å². The molecule has 3 aromatic rings. The van der Waals surface area contributed by atoms with Crippen LogP contribution in [0.2, 0.25) is 0 Å². The summed E-state index contributed by atoms with van der Waals surface area (Å²) in [7, 11) is 0. The Bertz CT molecular complexity index is 752. The van der Waals surface area contributed by atoms with Gasteiger partial charge in [0.15, 0.2) is 6.61 Å². The number of carbonyl (C=O) groups excluding carboxylic acids is 1. The largest absolute Gasteiger partial charge is 0.451 e. The lowest BCUT2D eigenvalue weighted by Crippen LogP contribution is -2.05. The zero-order valence-electron chi connectivity index (χ0n) is 10.7. The molecule has 0 saturated heterocycles. The molecule has 0 fully saturated rings. The lowest BCUT2D eigenvalue weighted by atomic mass is 10.2. The Kier molecular flexibility index (Phi) is 3.83. The Balaban J connectivity index is 1.64. The second-order valence-corrected chi connectivity index (χ2v) is 5.09. The van der Waals surface area contributed by atoms with Gasteiger partial charge < -0.3 is 14.1 Å². The van der Waals surface area contributed by atoms with Crippen LogP contribution >= 0.6 is 15.9 Å². The second kappa shape index (κ2) is 5.92. The molecule has 0 aliphatic rings. The Morgan fingerprint density at radius 2 is 2.10 bits per heavy atom. The minimum atomic E-state index is -0.486. The molecule has 0 amide bonds. The average molecular weight is 348 g/mol. The molecule has 2 heterocycles. The smallest absolute Gasteiger partial charge is 0.355 e. The van der Waals surface area contributed by atoms with Gasteiger partial charge in [0.2, 0.25) is 5.89 Å². The lowest BCUT2D eigenvalue weighted by molar-refractivity contribution is 0.0432. The Morgan fingerprint density at radius 1 is 1.29 bits per heavy atom. The highest BCUT2D eigenvalue weighted by Gasteiger charge is 2.13. The molecule has 0 aliphatic carbocycles. The van der Waals surface area contributed by atoms with Gasteiger partial charge >= 0.3 is 5.97 Å². The van der Waals surface area contributed by atoms with Crippen LogP contribution in [0, 0.1) is 0 Å². The maximum Gasteiger partial charge on any atom is 0.355 e. The zero-order valence-corrected chi connectivity index (χ0v) is 12.3. The van der Waals surface area contributed by atoms with Crippen LogP contribution in [-0.4, -0.2) is 21.2 Å². The van der Waals surface area contributed by atoms with E-state index in [0.29, 0.717) is 11.6 Å². The lowest BCUT2D eigenvalue weighted by Gasteiger charge is -1.99. The number of rotatable bonds is 4. The van der Waals surface area contributed by atoms with Crippen LogP contribution in [0.5, 0.6) is 0 Å². The van der Waals surface area contributed by atoms with Gasteiger partial charge in [-0.25, -0.2) is 4.79 Å². The van der Waals surface area contributed by atoms with Crippen LogP contribution in [0.1, 0.15) is 16.4 Å². The molecule has 3 rings (SSSR count). The molecule has 1 aromatic carbocycles. The molecule has 0 saturated carbocycles. The third kappa shape index (κ3) is 3.19. The molecule has 7 heteroatoms. The number of benzene rings is 1. The minimum Gasteiger partial charge on any atom is -0.451 e. The van der Waals surface area contributed by atoms with E-state index in [-0.39, 0.29) is 12.5 Å². The highest BCUT2D eigenvalue weighted by molar-refractivity contribution is 9.10. The molecule has 1 N–H and O–H groups in total. The SMILES string of the molecule is O=C(OCc1nnc(-c2ccccc2)o1)c1cc(Br)c[nH]1.